The van der Waals surface area contributed by atoms with Gasteiger partial charge < -0.3 is 10.1 Å². The Bertz CT molecular complexity index is 771. The molecule has 0 heterocycles. The molecule has 126 valence electrons. The van der Waals surface area contributed by atoms with E-state index in [4.69, 9.17) is 27.9 Å². The van der Waals surface area contributed by atoms with Crippen molar-refractivity contribution >= 4 is 29.1 Å². The Hall–Kier alpha value is -1.71. The molecule has 1 fully saturated rings. The van der Waals surface area contributed by atoms with Crippen molar-refractivity contribution < 1.29 is 9.53 Å². The summed E-state index contributed by atoms with van der Waals surface area (Å²) < 4.78 is 5.20. The van der Waals surface area contributed by atoms with Crippen LogP contribution in [0, 0.1) is 5.41 Å². The van der Waals surface area contributed by atoms with Crippen molar-refractivity contribution in [2.45, 2.75) is 25.8 Å². The molecule has 0 aliphatic heterocycles. The molecule has 0 spiro atoms. The van der Waals surface area contributed by atoms with Crippen LogP contribution in [0.15, 0.2) is 42.5 Å². The van der Waals surface area contributed by atoms with Crippen molar-refractivity contribution in [1.82, 2.24) is 5.32 Å². The summed E-state index contributed by atoms with van der Waals surface area (Å²) in [5, 5.41) is 3.93. The van der Waals surface area contributed by atoms with Gasteiger partial charge in [0.15, 0.2) is 0 Å². The Morgan fingerprint density at radius 2 is 1.75 bits per heavy atom. The van der Waals surface area contributed by atoms with Gasteiger partial charge in [0.05, 0.1) is 17.2 Å². The molecule has 3 rings (SSSR count). The summed E-state index contributed by atoms with van der Waals surface area (Å²) in [6, 6.07) is 13.0. The second kappa shape index (κ2) is 6.30. The van der Waals surface area contributed by atoms with E-state index in [1.165, 1.54) is 5.56 Å². The van der Waals surface area contributed by atoms with Crippen LogP contribution in [-0.2, 0) is 0 Å². The van der Waals surface area contributed by atoms with Crippen LogP contribution in [0.3, 0.4) is 0 Å². The first-order valence-electron chi connectivity index (χ1n) is 7.74. The van der Waals surface area contributed by atoms with Crippen LogP contribution in [0.4, 0.5) is 0 Å². The lowest BCUT2D eigenvalue weighted by Gasteiger charge is -2.07. The molecule has 1 aliphatic carbocycles. The average molecular weight is 364 g/mol. The number of rotatable bonds is 4. The lowest BCUT2D eigenvalue weighted by molar-refractivity contribution is 0.0946. The van der Waals surface area contributed by atoms with Gasteiger partial charge in [-0.2, -0.15) is 0 Å². The molecule has 0 aromatic heterocycles. The highest BCUT2D eigenvalue weighted by Crippen LogP contribution is 2.58. The minimum absolute atomic E-state index is 0.000465. The van der Waals surface area contributed by atoms with Crippen LogP contribution >= 0.6 is 23.2 Å². The van der Waals surface area contributed by atoms with Gasteiger partial charge in [-0.3, -0.25) is 4.79 Å². The number of carbonyl (C=O) groups is 1. The van der Waals surface area contributed by atoms with Gasteiger partial charge in [0.25, 0.3) is 5.91 Å². The number of halogens is 2. The Morgan fingerprint density at radius 1 is 1.08 bits per heavy atom. The largest absolute Gasteiger partial charge is 0.497 e. The number of ether oxygens (including phenoxy) is 1. The van der Waals surface area contributed by atoms with Gasteiger partial charge in [0.1, 0.15) is 5.75 Å². The number of hydrogen-bond donors (Lipinski definition) is 1. The summed E-state index contributed by atoms with van der Waals surface area (Å²) in [6.45, 7) is 4.31. The molecule has 0 radical (unpaired) electrons. The number of nitrogens with one attached hydrogen (secondary N) is 1. The van der Waals surface area contributed by atoms with Gasteiger partial charge in [-0.05, 0) is 41.3 Å². The number of carbonyl (C=O) groups excluding carboxylic acids is 1. The Kier molecular flexibility index (Phi) is 4.50. The fraction of sp³-hybridized carbons (Fsp3) is 0.316. The topological polar surface area (TPSA) is 38.3 Å². The lowest BCUT2D eigenvalue weighted by Crippen LogP contribution is -2.28. The molecular formula is C19H19Cl2NO2. The van der Waals surface area contributed by atoms with E-state index < -0.39 is 0 Å². The monoisotopic (exact) mass is 363 g/mol. The highest BCUT2D eigenvalue weighted by molar-refractivity contribution is 6.42. The summed E-state index contributed by atoms with van der Waals surface area (Å²) in [5.74, 6) is 0.964. The van der Waals surface area contributed by atoms with Crippen molar-refractivity contribution in [2.75, 3.05) is 7.11 Å². The molecule has 5 heteroatoms. The first kappa shape index (κ1) is 17.1. The van der Waals surface area contributed by atoms with E-state index in [-0.39, 0.29) is 23.3 Å². The Balaban J connectivity index is 1.74. The normalized spacial score (nSPS) is 21.2. The Labute approximate surface area is 151 Å². The van der Waals surface area contributed by atoms with Crippen LogP contribution in [-0.4, -0.2) is 19.1 Å². The van der Waals surface area contributed by atoms with Gasteiger partial charge >= 0.3 is 0 Å². The number of hydrogen-bond acceptors (Lipinski definition) is 2. The lowest BCUT2D eigenvalue weighted by atomic mass is 10.0. The van der Waals surface area contributed by atoms with Crippen LogP contribution in [0.5, 0.6) is 5.75 Å². The van der Waals surface area contributed by atoms with Crippen molar-refractivity contribution in [3.05, 3.63) is 63.6 Å². The maximum Gasteiger partial charge on any atom is 0.251 e. The molecule has 0 saturated heterocycles. The molecule has 1 aliphatic rings. The van der Waals surface area contributed by atoms with Crippen LogP contribution in [0.1, 0.15) is 35.7 Å². The van der Waals surface area contributed by atoms with Gasteiger partial charge in [-0.1, -0.05) is 49.2 Å². The molecule has 2 aromatic rings. The predicted molar refractivity (Wildman–Crippen MR) is 97.2 cm³/mol. The second-order valence-electron chi connectivity index (χ2n) is 6.65. The fourth-order valence-electron chi connectivity index (χ4n) is 3.20. The third-order valence-corrected chi connectivity index (χ3v) is 5.51. The molecule has 0 unspecified atom stereocenters. The van der Waals surface area contributed by atoms with Gasteiger partial charge in [-0.15, -0.1) is 0 Å². The minimum atomic E-state index is -0.136. The first-order valence-corrected chi connectivity index (χ1v) is 8.50. The van der Waals surface area contributed by atoms with E-state index >= 15 is 0 Å². The van der Waals surface area contributed by atoms with E-state index in [0.717, 1.165) is 5.75 Å². The zero-order valence-corrected chi connectivity index (χ0v) is 15.3. The van der Waals surface area contributed by atoms with Gasteiger partial charge in [-0.25, -0.2) is 0 Å². The summed E-state index contributed by atoms with van der Waals surface area (Å²) in [6.07, 6.45) is 0. The molecule has 1 N–H and O–H groups in total. The van der Waals surface area contributed by atoms with Crippen molar-refractivity contribution in [3.8, 4) is 5.75 Å². The molecule has 24 heavy (non-hydrogen) atoms. The molecule has 1 saturated carbocycles. The summed E-state index contributed by atoms with van der Waals surface area (Å²) in [7, 11) is 1.65. The predicted octanol–water partition coefficient (Wildman–Crippen LogP) is 4.92. The van der Waals surface area contributed by atoms with Crippen molar-refractivity contribution in [1.29, 1.82) is 0 Å². The SMILES string of the molecule is COc1ccc([C@H]2[C@H](NC(=O)c3ccc(Cl)c(Cl)c3)C2(C)C)cc1. The number of benzene rings is 2. The van der Waals surface area contributed by atoms with Crippen LogP contribution in [0.25, 0.3) is 0 Å². The third kappa shape index (κ3) is 3.11. The summed E-state index contributed by atoms with van der Waals surface area (Å²) >= 11 is 11.9. The van der Waals surface area contributed by atoms with Crippen molar-refractivity contribution in [3.63, 3.8) is 0 Å². The van der Waals surface area contributed by atoms with Crippen molar-refractivity contribution in [2.24, 2.45) is 5.41 Å². The molecule has 0 bridgehead atoms. The molecule has 1 amide bonds. The Morgan fingerprint density at radius 3 is 2.33 bits per heavy atom. The van der Waals surface area contributed by atoms with E-state index in [0.29, 0.717) is 15.6 Å². The molecule has 2 aromatic carbocycles. The van der Waals surface area contributed by atoms with E-state index in [9.17, 15) is 4.79 Å². The van der Waals surface area contributed by atoms with Crippen LogP contribution in [0.2, 0.25) is 10.0 Å². The highest BCUT2D eigenvalue weighted by Gasteiger charge is 2.59. The quantitative estimate of drug-likeness (QED) is 0.836. The maximum atomic E-state index is 12.5. The molecule has 2 atom stereocenters. The average Bonchev–Trinajstić information content (AvgIpc) is 3.10. The third-order valence-electron chi connectivity index (χ3n) is 4.77. The molecular weight excluding hydrogens is 345 g/mol. The smallest absolute Gasteiger partial charge is 0.251 e. The van der Waals surface area contributed by atoms with Gasteiger partial charge in [0.2, 0.25) is 0 Å². The summed E-state index contributed by atoms with van der Waals surface area (Å²) in [5.41, 5.74) is 1.71. The van der Waals surface area contributed by atoms with Crippen LogP contribution < -0.4 is 10.1 Å². The molecule has 3 nitrogen and oxygen atoms in total. The highest BCUT2D eigenvalue weighted by atomic mass is 35.5. The fourth-order valence-corrected chi connectivity index (χ4v) is 3.50. The number of methoxy groups -OCH3 is 1. The van der Waals surface area contributed by atoms with E-state index in [2.05, 4.69) is 31.3 Å². The van der Waals surface area contributed by atoms with Gasteiger partial charge in [0, 0.05) is 17.5 Å². The summed E-state index contributed by atoms with van der Waals surface area (Å²) in [4.78, 5) is 12.5. The van der Waals surface area contributed by atoms with E-state index in [1.807, 2.05) is 12.1 Å². The second-order valence-corrected chi connectivity index (χ2v) is 7.47. The minimum Gasteiger partial charge on any atom is -0.497 e. The maximum absolute atomic E-state index is 12.5. The van der Waals surface area contributed by atoms with E-state index in [1.54, 1.807) is 25.3 Å². The number of amides is 1. The standard InChI is InChI=1S/C19H19Cl2NO2/c1-19(2)16(11-4-7-13(24-3)8-5-11)17(19)22-18(23)12-6-9-14(20)15(21)10-12/h4-10,16-17H,1-3H3,(H,22,23)/t16-,17-/m0/s1. The zero-order chi connectivity index (χ0) is 17.5. The zero-order valence-electron chi connectivity index (χ0n) is 13.8. The first-order chi connectivity index (χ1) is 11.3.